The topological polar surface area (TPSA) is 118 Å². The van der Waals surface area contributed by atoms with Crippen LogP contribution < -0.4 is 5.32 Å². The first kappa shape index (κ1) is 22.4. The van der Waals surface area contributed by atoms with Gasteiger partial charge in [0, 0.05) is 5.41 Å². The van der Waals surface area contributed by atoms with E-state index in [-0.39, 0.29) is 29.2 Å². The van der Waals surface area contributed by atoms with Crippen molar-refractivity contribution >= 4 is 40.0 Å². The molecule has 4 bridgehead atoms. The number of rotatable bonds is 7. The molecule has 0 spiro atoms. The average molecular weight is 487 g/mol. The monoisotopic (exact) mass is 486 g/mol. The number of nitrogens with one attached hydrogen (secondary N) is 1. The Bertz CT molecular complexity index is 1100. The molecule has 2 aromatic heterocycles. The molecule has 2 heterocycles. The summed E-state index contributed by atoms with van der Waals surface area (Å²) in [6, 6.07) is 2.07. The van der Waals surface area contributed by atoms with E-state index in [1.807, 2.05) is 0 Å². The fourth-order valence-electron chi connectivity index (χ4n) is 6.27. The summed E-state index contributed by atoms with van der Waals surface area (Å²) in [6.07, 6.45) is 7.47. The fraction of sp³-hybridized carbons (Fsp3) is 0.609. The second-order valence-electron chi connectivity index (χ2n) is 9.50. The normalized spacial score (nSPS) is 27.4. The maximum absolute atomic E-state index is 12.6. The van der Waals surface area contributed by atoms with E-state index < -0.39 is 5.97 Å². The number of nitriles is 1. The van der Waals surface area contributed by atoms with Crippen molar-refractivity contribution in [3.63, 3.8) is 0 Å². The number of hydrogen-bond donors (Lipinski definition) is 1. The molecule has 0 unspecified atom stereocenters. The van der Waals surface area contributed by atoms with Crippen molar-refractivity contribution in [1.29, 1.82) is 5.26 Å². The van der Waals surface area contributed by atoms with Gasteiger partial charge < -0.3 is 14.5 Å². The second kappa shape index (κ2) is 8.76. The Balaban J connectivity index is 1.22. The summed E-state index contributed by atoms with van der Waals surface area (Å²) in [5.41, 5.74) is 0.826. The lowest BCUT2D eigenvalue weighted by molar-refractivity contribution is -0.113. The van der Waals surface area contributed by atoms with Gasteiger partial charge in [0.05, 0.1) is 17.9 Å². The molecule has 0 atom stereocenters. The number of ether oxygens (including phenoxy) is 1. The summed E-state index contributed by atoms with van der Waals surface area (Å²) in [7, 11) is 0. The predicted molar refractivity (Wildman–Crippen MR) is 123 cm³/mol. The molecule has 1 amide bonds. The molecular weight excluding hydrogens is 460 g/mol. The smallest absolute Gasteiger partial charge is 0.348 e. The van der Waals surface area contributed by atoms with Crippen molar-refractivity contribution < 1.29 is 18.7 Å². The molecule has 0 aliphatic heterocycles. The molecule has 0 saturated heterocycles. The highest BCUT2D eigenvalue weighted by Gasteiger charge is 2.54. The SMILES string of the molecule is CCOC(=O)c1sc(NC(=O)CSc2nnc(C34CC5CC(CC(C5)C3)C4)o2)c(C#N)c1C. The highest BCUT2D eigenvalue weighted by molar-refractivity contribution is 7.99. The summed E-state index contributed by atoms with van der Waals surface area (Å²) in [6.45, 7) is 3.64. The molecule has 0 radical (unpaired) electrons. The Hall–Kier alpha value is -2.38. The van der Waals surface area contributed by atoms with Crippen LogP contribution in [0.25, 0.3) is 0 Å². The van der Waals surface area contributed by atoms with Crippen molar-refractivity contribution in [3.05, 3.63) is 21.9 Å². The molecule has 1 N–H and O–H groups in total. The third kappa shape index (κ3) is 4.17. The molecule has 4 saturated carbocycles. The number of carbonyl (C=O) groups excluding carboxylic acids is 2. The van der Waals surface area contributed by atoms with E-state index in [1.54, 1.807) is 13.8 Å². The Morgan fingerprint density at radius 1 is 1.24 bits per heavy atom. The van der Waals surface area contributed by atoms with Crippen LogP contribution >= 0.6 is 23.1 Å². The van der Waals surface area contributed by atoms with Crippen LogP contribution in [0.15, 0.2) is 9.64 Å². The first-order chi connectivity index (χ1) is 15.9. The van der Waals surface area contributed by atoms with Crippen molar-refractivity contribution in [1.82, 2.24) is 10.2 Å². The second-order valence-corrected chi connectivity index (χ2v) is 11.4. The summed E-state index contributed by atoms with van der Waals surface area (Å²) in [5.74, 6) is 2.37. The lowest BCUT2D eigenvalue weighted by atomic mass is 9.49. The van der Waals surface area contributed by atoms with Crippen LogP contribution in [0.5, 0.6) is 0 Å². The molecule has 4 fully saturated rings. The maximum Gasteiger partial charge on any atom is 0.348 e. The number of anilines is 1. The van der Waals surface area contributed by atoms with Crippen LogP contribution in [0.3, 0.4) is 0 Å². The molecule has 4 aliphatic rings. The lowest BCUT2D eigenvalue weighted by Gasteiger charge is -2.55. The largest absolute Gasteiger partial charge is 0.462 e. The van der Waals surface area contributed by atoms with E-state index in [2.05, 4.69) is 21.6 Å². The first-order valence-corrected chi connectivity index (χ1v) is 13.2. The Morgan fingerprint density at radius 2 is 1.91 bits per heavy atom. The molecule has 10 heteroatoms. The van der Waals surface area contributed by atoms with Crippen molar-refractivity contribution in [2.45, 2.75) is 63.0 Å². The van der Waals surface area contributed by atoms with Gasteiger partial charge in [-0.3, -0.25) is 4.79 Å². The number of nitrogens with zero attached hydrogens (tertiary/aromatic N) is 3. The minimum absolute atomic E-state index is 0.0303. The molecule has 174 valence electrons. The third-order valence-corrected chi connectivity index (χ3v) is 9.20. The number of aromatic nitrogens is 2. The minimum Gasteiger partial charge on any atom is -0.462 e. The molecule has 8 nitrogen and oxygen atoms in total. The van der Waals surface area contributed by atoms with Crippen LogP contribution in [0.4, 0.5) is 5.00 Å². The van der Waals surface area contributed by atoms with Gasteiger partial charge >= 0.3 is 5.97 Å². The lowest BCUT2D eigenvalue weighted by Crippen LogP contribution is -2.48. The highest BCUT2D eigenvalue weighted by atomic mass is 32.2. The number of thiophene rings is 1. The summed E-state index contributed by atoms with van der Waals surface area (Å²) in [5, 5.41) is 21.6. The average Bonchev–Trinajstić information content (AvgIpc) is 3.36. The minimum atomic E-state index is -0.491. The van der Waals surface area contributed by atoms with Crippen LogP contribution in [0, 0.1) is 36.0 Å². The van der Waals surface area contributed by atoms with Gasteiger partial charge in [-0.25, -0.2) is 4.79 Å². The zero-order chi connectivity index (χ0) is 23.2. The molecule has 2 aromatic rings. The Labute approximate surface area is 200 Å². The van der Waals surface area contributed by atoms with Gasteiger partial charge in [-0.2, -0.15) is 5.26 Å². The zero-order valence-corrected chi connectivity index (χ0v) is 20.3. The van der Waals surface area contributed by atoms with Gasteiger partial charge in [0.25, 0.3) is 5.22 Å². The summed E-state index contributed by atoms with van der Waals surface area (Å²) < 4.78 is 11.1. The van der Waals surface area contributed by atoms with E-state index >= 15 is 0 Å². The quantitative estimate of drug-likeness (QED) is 0.442. The van der Waals surface area contributed by atoms with Gasteiger partial charge in [-0.1, -0.05) is 11.8 Å². The van der Waals surface area contributed by atoms with E-state index in [0.717, 1.165) is 54.2 Å². The van der Waals surface area contributed by atoms with E-state index in [0.29, 0.717) is 20.7 Å². The van der Waals surface area contributed by atoms with Crippen molar-refractivity contribution in [3.8, 4) is 6.07 Å². The maximum atomic E-state index is 12.6. The van der Waals surface area contributed by atoms with Gasteiger partial charge in [0.2, 0.25) is 11.8 Å². The first-order valence-electron chi connectivity index (χ1n) is 11.4. The van der Waals surface area contributed by atoms with Crippen LogP contribution in [0.2, 0.25) is 0 Å². The highest BCUT2D eigenvalue weighted by Crippen LogP contribution is 2.60. The number of esters is 1. The van der Waals surface area contributed by atoms with E-state index in [9.17, 15) is 14.9 Å². The standard InChI is InChI=1S/C23H26N4O4S2/c1-3-30-20(29)18-12(2)16(10-24)19(33-18)25-17(28)11-32-22-27-26-21(31-22)23-7-13-4-14(8-23)6-15(5-13)9-23/h13-15H,3-9,11H2,1-2H3,(H,25,28). The third-order valence-electron chi connectivity index (χ3n) is 7.20. The molecule has 6 rings (SSSR count). The van der Waals surface area contributed by atoms with Crippen molar-refractivity contribution in [2.24, 2.45) is 17.8 Å². The Morgan fingerprint density at radius 3 is 2.52 bits per heavy atom. The Kier molecular flexibility index (Phi) is 5.95. The summed E-state index contributed by atoms with van der Waals surface area (Å²) >= 11 is 2.24. The van der Waals surface area contributed by atoms with Crippen LogP contribution in [-0.4, -0.2) is 34.4 Å². The van der Waals surface area contributed by atoms with Crippen molar-refractivity contribution in [2.75, 3.05) is 17.7 Å². The fourth-order valence-corrected chi connectivity index (χ4v) is 7.90. The zero-order valence-electron chi connectivity index (χ0n) is 18.7. The number of hydrogen-bond acceptors (Lipinski definition) is 9. The van der Waals surface area contributed by atoms with Crippen LogP contribution in [-0.2, 0) is 14.9 Å². The molecular formula is C23H26N4O4S2. The molecule has 4 aliphatic carbocycles. The number of carbonyl (C=O) groups is 2. The van der Waals surface area contributed by atoms with Gasteiger partial charge in [0.15, 0.2) is 0 Å². The van der Waals surface area contributed by atoms with Crippen LogP contribution in [0.1, 0.15) is 72.1 Å². The van der Waals surface area contributed by atoms with E-state index in [4.69, 9.17) is 9.15 Å². The predicted octanol–water partition coefficient (Wildman–Crippen LogP) is 4.69. The summed E-state index contributed by atoms with van der Waals surface area (Å²) in [4.78, 5) is 25.0. The number of amides is 1. The van der Waals surface area contributed by atoms with Gasteiger partial charge in [-0.05, 0) is 75.7 Å². The van der Waals surface area contributed by atoms with Gasteiger partial charge in [-0.15, -0.1) is 21.5 Å². The van der Waals surface area contributed by atoms with E-state index in [1.165, 1.54) is 31.0 Å². The number of thioether (sulfide) groups is 1. The molecule has 33 heavy (non-hydrogen) atoms. The van der Waals surface area contributed by atoms with Gasteiger partial charge in [0.1, 0.15) is 15.9 Å². The molecule has 0 aromatic carbocycles.